The highest BCUT2D eigenvalue weighted by molar-refractivity contribution is 5.18. The van der Waals surface area contributed by atoms with Crippen molar-refractivity contribution in [3.05, 3.63) is 0 Å². The minimum Gasteiger partial charge on any atom is -0.396 e. The van der Waals surface area contributed by atoms with Gasteiger partial charge < -0.3 is 10.2 Å². The van der Waals surface area contributed by atoms with Crippen LogP contribution in [-0.2, 0) is 0 Å². The van der Waals surface area contributed by atoms with Gasteiger partial charge in [0.25, 0.3) is 0 Å². The summed E-state index contributed by atoms with van der Waals surface area (Å²) in [6, 6.07) is 0. The highest BCUT2D eigenvalue weighted by Crippen LogP contribution is 2.76. The van der Waals surface area contributed by atoms with Crippen LogP contribution in [0.15, 0.2) is 0 Å². The summed E-state index contributed by atoms with van der Waals surface area (Å²) in [5, 5.41) is 20.9. The Morgan fingerprint density at radius 3 is 2.13 bits per heavy atom. The van der Waals surface area contributed by atoms with Crippen molar-refractivity contribution in [1.29, 1.82) is 0 Å². The van der Waals surface area contributed by atoms with Crippen LogP contribution in [0.4, 0.5) is 0 Å². The molecule has 178 valence electrons. The molecule has 0 aromatic carbocycles. The van der Waals surface area contributed by atoms with Gasteiger partial charge in [-0.05, 0) is 127 Å². The Bertz CT molecular complexity index is 716. The maximum atomic E-state index is 10.9. The Morgan fingerprint density at radius 2 is 1.42 bits per heavy atom. The molecular formula is C29H50O2. The van der Waals surface area contributed by atoms with Crippen LogP contribution in [0.25, 0.3) is 0 Å². The maximum absolute atomic E-state index is 10.9. The van der Waals surface area contributed by atoms with Gasteiger partial charge in [-0.1, -0.05) is 41.5 Å². The Kier molecular flexibility index (Phi) is 5.10. The molecule has 0 aromatic heterocycles. The summed E-state index contributed by atoms with van der Waals surface area (Å²) >= 11 is 0. The zero-order valence-electron chi connectivity index (χ0n) is 21.3. The first-order valence-electron chi connectivity index (χ1n) is 13.7. The molecule has 0 aliphatic heterocycles. The van der Waals surface area contributed by atoms with E-state index in [1.807, 2.05) is 0 Å². The van der Waals surface area contributed by atoms with Gasteiger partial charge in [-0.3, -0.25) is 0 Å². The first kappa shape index (κ1) is 22.7. The van der Waals surface area contributed by atoms with Crippen LogP contribution >= 0.6 is 0 Å². The molecule has 2 N–H and O–H groups in total. The van der Waals surface area contributed by atoms with Crippen LogP contribution in [0.3, 0.4) is 0 Å². The lowest BCUT2D eigenvalue weighted by Crippen LogP contribution is -2.66. The summed E-state index contributed by atoms with van der Waals surface area (Å²) in [5.41, 5.74) is 1.80. The lowest BCUT2D eigenvalue weighted by Gasteiger charge is -2.73. The molecule has 5 fully saturated rings. The molecule has 0 spiro atoms. The zero-order chi connectivity index (χ0) is 22.4. The largest absolute Gasteiger partial charge is 0.396 e. The fourth-order valence-corrected chi connectivity index (χ4v) is 11.2. The van der Waals surface area contributed by atoms with Gasteiger partial charge in [0.2, 0.25) is 0 Å². The Hall–Kier alpha value is -0.0800. The van der Waals surface area contributed by atoms with E-state index < -0.39 is 0 Å². The third kappa shape index (κ3) is 2.82. The summed E-state index contributed by atoms with van der Waals surface area (Å²) in [6.07, 6.45) is 14.2. The van der Waals surface area contributed by atoms with Crippen molar-refractivity contribution in [3.63, 3.8) is 0 Å². The molecule has 5 rings (SSSR count). The molecule has 31 heavy (non-hydrogen) atoms. The maximum Gasteiger partial charge on any atom is 0.0594 e. The van der Waals surface area contributed by atoms with Gasteiger partial charge in [-0.15, -0.1) is 0 Å². The fourth-order valence-electron chi connectivity index (χ4n) is 11.2. The molecule has 0 radical (unpaired) electrons. The van der Waals surface area contributed by atoms with Crippen LogP contribution in [0, 0.1) is 56.7 Å². The average Bonchev–Trinajstić information content (AvgIpc) is 2.71. The fraction of sp³-hybridized carbons (Fsp3) is 1.00. The molecule has 0 heterocycles. The summed E-state index contributed by atoms with van der Waals surface area (Å²) in [6.45, 7) is 15.8. The lowest BCUT2D eigenvalue weighted by molar-refractivity contribution is -0.251. The van der Waals surface area contributed by atoms with E-state index in [0.717, 1.165) is 24.2 Å². The Balaban J connectivity index is 1.51. The number of rotatable bonds is 1. The van der Waals surface area contributed by atoms with Gasteiger partial charge in [0.05, 0.1) is 6.10 Å². The van der Waals surface area contributed by atoms with E-state index in [9.17, 15) is 10.2 Å². The van der Waals surface area contributed by atoms with E-state index in [-0.39, 0.29) is 11.5 Å². The third-order valence-corrected chi connectivity index (χ3v) is 13.5. The smallest absolute Gasteiger partial charge is 0.0594 e. The van der Waals surface area contributed by atoms with Crippen LogP contribution < -0.4 is 0 Å². The first-order chi connectivity index (χ1) is 14.4. The third-order valence-electron chi connectivity index (χ3n) is 13.5. The molecule has 0 unspecified atom stereocenters. The number of aliphatic hydroxyl groups excluding tert-OH is 2. The van der Waals surface area contributed by atoms with Crippen LogP contribution in [0.5, 0.6) is 0 Å². The quantitative estimate of drug-likeness (QED) is 0.478. The Labute approximate surface area is 192 Å². The summed E-state index contributed by atoms with van der Waals surface area (Å²) in [5.74, 6) is 3.65. The van der Waals surface area contributed by atoms with E-state index in [1.165, 1.54) is 64.2 Å². The van der Waals surface area contributed by atoms with Crippen LogP contribution in [-0.4, -0.2) is 22.9 Å². The average molecular weight is 431 g/mol. The minimum atomic E-state index is -0.130. The standard InChI is InChI=1S/C29H50O2/c1-25(2)22-10-14-29(6)23(27(22,4)13-11-24(25)31)8-7-20-21-17-19(18-30)9-12-26(21,3)15-16-28(20,29)5/h19-24,30-31H,7-18H2,1-6H3/t19-,20-,21+,22+,23-,24+,26-,27+,28-,29-/m1/s1. The SMILES string of the molecule is CC1(C)[C@@H](O)CC[C@]2(C)[C@H]3CC[C@@H]4[C@@H]5C[C@H](CO)CC[C@]5(C)CC[C@@]4(C)[C@]3(C)CC[C@@H]12. The molecule has 0 amide bonds. The van der Waals surface area contributed by atoms with Crippen LogP contribution in [0.2, 0.25) is 0 Å². The van der Waals surface area contributed by atoms with Crippen molar-refractivity contribution in [1.82, 2.24) is 0 Å². The zero-order valence-corrected chi connectivity index (χ0v) is 21.3. The van der Waals surface area contributed by atoms with Gasteiger partial charge in [0.15, 0.2) is 0 Å². The molecule has 0 saturated heterocycles. The van der Waals surface area contributed by atoms with E-state index in [1.54, 1.807) is 0 Å². The molecule has 2 heteroatoms. The molecule has 5 aliphatic carbocycles. The molecule has 0 aromatic rings. The normalized spacial score (nSPS) is 58.5. The van der Waals surface area contributed by atoms with Crippen LogP contribution in [0.1, 0.15) is 112 Å². The van der Waals surface area contributed by atoms with Crippen molar-refractivity contribution in [2.45, 2.75) is 118 Å². The van der Waals surface area contributed by atoms with E-state index in [4.69, 9.17) is 0 Å². The highest BCUT2D eigenvalue weighted by Gasteiger charge is 2.69. The van der Waals surface area contributed by atoms with Gasteiger partial charge in [-0.25, -0.2) is 0 Å². The second-order valence-corrected chi connectivity index (χ2v) is 14.6. The topological polar surface area (TPSA) is 40.5 Å². The number of hydrogen-bond donors (Lipinski definition) is 2. The van der Waals surface area contributed by atoms with Crippen molar-refractivity contribution < 1.29 is 10.2 Å². The van der Waals surface area contributed by atoms with Crippen molar-refractivity contribution in [2.75, 3.05) is 6.61 Å². The van der Waals surface area contributed by atoms with E-state index in [0.29, 0.717) is 40.1 Å². The summed E-state index contributed by atoms with van der Waals surface area (Å²) < 4.78 is 0. The Morgan fingerprint density at radius 1 is 0.677 bits per heavy atom. The molecular weight excluding hydrogens is 380 g/mol. The second kappa shape index (κ2) is 6.97. The first-order valence-corrected chi connectivity index (χ1v) is 13.7. The molecule has 5 saturated carbocycles. The van der Waals surface area contributed by atoms with E-state index in [2.05, 4.69) is 41.5 Å². The number of aliphatic hydroxyl groups is 2. The molecule has 0 bridgehead atoms. The molecule has 2 nitrogen and oxygen atoms in total. The predicted molar refractivity (Wildman–Crippen MR) is 128 cm³/mol. The van der Waals surface area contributed by atoms with Gasteiger partial charge in [0.1, 0.15) is 0 Å². The predicted octanol–water partition coefficient (Wildman–Crippen LogP) is 6.83. The minimum absolute atomic E-state index is 0.0505. The second-order valence-electron chi connectivity index (χ2n) is 14.6. The van der Waals surface area contributed by atoms with Gasteiger partial charge in [0, 0.05) is 6.61 Å². The monoisotopic (exact) mass is 430 g/mol. The van der Waals surface area contributed by atoms with Crippen molar-refractivity contribution >= 4 is 0 Å². The van der Waals surface area contributed by atoms with Crippen molar-refractivity contribution in [2.24, 2.45) is 56.7 Å². The summed E-state index contributed by atoms with van der Waals surface area (Å²) in [7, 11) is 0. The van der Waals surface area contributed by atoms with E-state index >= 15 is 0 Å². The lowest BCUT2D eigenvalue weighted by atomic mass is 9.32. The number of fused-ring (bicyclic) bond motifs is 7. The highest BCUT2D eigenvalue weighted by atomic mass is 16.3. The van der Waals surface area contributed by atoms with Gasteiger partial charge >= 0.3 is 0 Å². The number of hydrogen-bond acceptors (Lipinski definition) is 2. The molecule has 10 atom stereocenters. The van der Waals surface area contributed by atoms with Crippen molar-refractivity contribution in [3.8, 4) is 0 Å². The summed E-state index contributed by atoms with van der Waals surface area (Å²) in [4.78, 5) is 0. The van der Waals surface area contributed by atoms with Gasteiger partial charge in [-0.2, -0.15) is 0 Å². The molecule has 5 aliphatic rings.